The average Bonchev–Trinajstić information content (AvgIpc) is 2.90. The number of nitrogens with zero attached hydrogens (tertiary/aromatic N) is 3. The molecule has 92 valence electrons. The summed E-state index contributed by atoms with van der Waals surface area (Å²) in [6.07, 6.45) is 1.78. The minimum atomic E-state index is 0.670. The third-order valence-corrected chi connectivity index (χ3v) is 2.87. The Morgan fingerprint density at radius 3 is 2.94 bits per heavy atom. The number of benzene rings is 1. The Morgan fingerprint density at radius 1 is 1.33 bits per heavy atom. The Hall–Kier alpha value is -2.30. The molecule has 5 nitrogen and oxygen atoms in total. The quantitative estimate of drug-likeness (QED) is 0.766. The molecule has 3 aromatic rings. The summed E-state index contributed by atoms with van der Waals surface area (Å²) in [4.78, 5) is 4.30. The number of anilines is 1. The molecule has 0 saturated carbocycles. The van der Waals surface area contributed by atoms with Gasteiger partial charge in [-0.15, -0.1) is 0 Å². The molecule has 2 heterocycles. The lowest BCUT2D eigenvalue weighted by molar-refractivity contribution is 0.611. The van der Waals surface area contributed by atoms with Gasteiger partial charge in [-0.1, -0.05) is 18.2 Å². The molecule has 18 heavy (non-hydrogen) atoms. The number of fused-ring (bicyclic) bond motifs is 1. The molecule has 0 spiro atoms. The smallest absolute Gasteiger partial charge is 0.221 e. The topological polar surface area (TPSA) is 55.9 Å². The Balaban J connectivity index is 1.83. The van der Waals surface area contributed by atoms with Gasteiger partial charge in [0.2, 0.25) is 5.95 Å². The van der Waals surface area contributed by atoms with Gasteiger partial charge in [0.25, 0.3) is 0 Å². The fourth-order valence-electron chi connectivity index (χ4n) is 2.01. The maximum Gasteiger partial charge on any atom is 0.221 e. The monoisotopic (exact) mass is 242 g/mol. The Labute approximate surface area is 104 Å². The van der Waals surface area contributed by atoms with Crippen molar-refractivity contribution in [2.75, 3.05) is 5.32 Å². The van der Waals surface area contributed by atoms with Crippen LogP contribution in [-0.2, 0) is 13.6 Å². The molecule has 0 radical (unpaired) electrons. The van der Waals surface area contributed by atoms with E-state index in [4.69, 9.17) is 4.42 Å². The zero-order valence-corrected chi connectivity index (χ0v) is 10.3. The van der Waals surface area contributed by atoms with Crippen molar-refractivity contribution in [3.8, 4) is 0 Å². The minimum absolute atomic E-state index is 0.670. The molecule has 2 aromatic heterocycles. The summed E-state index contributed by atoms with van der Waals surface area (Å²) < 4.78 is 7.22. The van der Waals surface area contributed by atoms with Gasteiger partial charge in [0.05, 0.1) is 6.26 Å². The first-order valence-electron chi connectivity index (χ1n) is 5.80. The summed E-state index contributed by atoms with van der Waals surface area (Å²) in [6, 6.07) is 7.99. The number of aryl methyl sites for hydroxylation is 2. The second kappa shape index (κ2) is 4.18. The van der Waals surface area contributed by atoms with E-state index in [1.165, 1.54) is 0 Å². The van der Waals surface area contributed by atoms with E-state index in [0.29, 0.717) is 6.54 Å². The van der Waals surface area contributed by atoms with Crippen LogP contribution in [0, 0.1) is 6.92 Å². The number of rotatable bonds is 3. The zero-order chi connectivity index (χ0) is 12.5. The number of nitrogens with one attached hydrogen (secondary N) is 1. The predicted octanol–water partition coefficient (Wildman–Crippen LogP) is 2.48. The molecule has 1 N–H and O–H groups in total. The molecule has 0 aliphatic rings. The van der Waals surface area contributed by atoms with Crippen LogP contribution in [0.15, 0.2) is 34.9 Å². The fraction of sp³-hybridized carbons (Fsp3) is 0.231. The number of hydrogen-bond donors (Lipinski definition) is 1. The van der Waals surface area contributed by atoms with Crippen molar-refractivity contribution in [1.29, 1.82) is 0 Å². The second-order valence-electron chi connectivity index (χ2n) is 4.22. The van der Waals surface area contributed by atoms with Crippen LogP contribution >= 0.6 is 0 Å². The molecule has 1 aromatic carbocycles. The maximum atomic E-state index is 5.49. The Morgan fingerprint density at radius 2 is 2.17 bits per heavy atom. The first kappa shape index (κ1) is 10.8. The third kappa shape index (κ3) is 1.84. The van der Waals surface area contributed by atoms with E-state index in [0.717, 1.165) is 28.3 Å². The Bertz CT molecular complexity index is 683. The highest BCUT2D eigenvalue weighted by Gasteiger charge is 2.07. The van der Waals surface area contributed by atoms with E-state index in [1.807, 2.05) is 32.2 Å². The molecule has 0 amide bonds. The summed E-state index contributed by atoms with van der Waals surface area (Å²) in [6.45, 7) is 2.54. The van der Waals surface area contributed by atoms with E-state index in [1.54, 1.807) is 10.9 Å². The lowest BCUT2D eigenvalue weighted by Gasteiger charge is -2.02. The van der Waals surface area contributed by atoms with Gasteiger partial charge >= 0.3 is 0 Å². The van der Waals surface area contributed by atoms with Crippen molar-refractivity contribution in [3.05, 3.63) is 41.9 Å². The van der Waals surface area contributed by atoms with Crippen LogP contribution in [0.5, 0.6) is 0 Å². The number of hydrogen-bond acceptors (Lipinski definition) is 4. The van der Waals surface area contributed by atoms with E-state index < -0.39 is 0 Å². The second-order valence-corrected chi connectivity index (χ2v) is 4.22. The van der Waals surface area contributed by atoms with Crippen LogP contribution in [-0.4, -0.2) is 14.8 Å². The first-order chi connectivity index (χ1) is 8.74. The summed E-state index contributed by atoms with van der Waals surface area (Å²) in [5.41, 5.74) is 2.02. The lowest BCUT2D eigenvalue weighted by atomic mass is 10.2. The molecule has 0 unspecified atom stereocenters. The average molecular weight is 242 g/mol. The highest BCUT2D eigenvalue weighted by Crippen LogP contribution is 2.21. The first-order valence-corrected chi connectivity index (χ1v) is 5.80. The van der Waals surface area contributed by atoms with Gasteiger partial charge in [0, 0.05) is 24.5 Å². The molecule has 0 fully saturated rings. The van der Waals surface area contributed by atoms with Gasteiger partial charge in [-0.05, 0) is 13.0 Å². The van der Waals surface area contributed by atoms with Crippen LogP contribution in [0.4, 0.5) is 5.95 Å². The predicted molar refractivity (Wildman–Crippen MR) is 69.3 cm³/mol. The van der Waals surface area contributed by atoms with Gasteiger partial charge < -0.3 is 9.73 Å². The highest BCUT2D eigenvalue weighted by molar-refractivity contribution is 5.81. The van der Waals surface area contributed by atoms with Crippen LogP contribution in [0.1, 0.15) is 11.4 Å². The highest BCUT2D eigenvalue weighted by atomic mass is 16.3. The molecular weight excluding hydrogens is 228 g/mol. The standard InChI is InChI=1S/C13H14N4O/c1-9-15-13(17(2)16-9)14-7-10-8-18-12-6-4-3-5-11(10)12/h3-6,8H,7H2,1-2H3,(H,14,15,16). The van der Waals surface area contributed by atoms with Crippen LogP contribution < -0.4 is 5.32 Å². The third-order valence-electron chi connectivity index (χ3n) is 2.87. The molecule has 3 rings (SSSR count). The molecule has 0 saturated heterocycles. The van der Waals surface area contributed by atoms with Gasteiger partial charge in [-0.25, -0.2) is 4.68 Å². The molecule has 0 atom stereocenters. The SMILES string of the molecule is Cc1nc(NCc2coc3ccccc23)n(C)n1. The van der Waals surface area contributed by atoms with Gasteiger partial charge in [-0.2, -0.15) is 10.1 Å². The molecule has 5 heteroatoms. The van der Waals surface area contributed by atoms with Gasteiger partial charge in [0.1, 0.15) is 11.4 Å². The molecule has 0 bridgehead atoms. The van der Waals surface area contributed by atoms with Crippen LogP contribution in [0.3, 0.4) is 0 Å². The summed E-state index contributed by atoms with van der Waals surface area (Å²) in [7, 11) is 1.87. The van der Waals surface area contributed by atoms with Crippen molar-refractivity contribution in [2.45, 2.75) is 13.5 Å². The van der Waals surface area contributed by atoms with Crippen molar-refractivity contribution < 1.29 is 4.42 Å². The summed E-state index contributed by atoms with van der Waals surface area (Å²) in [5, 5.41) is 8.58. The van der Waals surface area contributed by atoms with Crippen molar-refractivity contribution in [3.63, 3.8) is 0 Å². The molecular formula is C13H14N4O. The number of para-hydroxylation sites is 1. The molecule has 0 aliphatic carbocycles. The normalized spacial score (nSPS) is 11.0. The maximum absolute atomic E-state index is 5.49. The minimum Gasteiger partial charge on any atom is -0.464 e. The lowest BCUT2D eigenvalue weighted by Crippen LogP contribution is -2.05. The van der Waals surface area contributed by atoms with Crippen molar-refractivity contribution in [1.82, 2.24) is 14.8 Å². The van der Waals surface area contributed by atoms with Crippen LogP contribution in [0.2, 0.25) is 0 Å². The van der Waals surface area contributed by atoms with E-state index in [2.05, 4.69) is 21.5 Å². The zero-order valence-electron chi connectivity index (χ0n) is 10.3. The number of furan rings is 1. The van der Waals surface area contributed by atoms with Gasteiger partial charge in [0.15, 0.2) is 0 Å². The summed E-state index contributed by atoms with van der Waals surface area (Å²) in [5.74, 6) is 1.52. The fourth-order valence-corrected chi connectivity index (χ4v) is 2.01. The Kier molecular flexibility index (Phi) is 2.51. The van der Waals surface area contributed by atoms with Crippen molar-refractivity contribution in [2.24, 2.45) is 7.05 Å². The van der Waals surface area contributed by atoms with E-state index in [-0.39, 0.29) is 0 Å². The largest absolute Gasteiger partial charge is 0.464 e. The van der Waals surface area contributed by atoms with Crippen molar-refractivity contribution >= 4 is 16.9 Å². The summed E-state index contributed by atoms with van der Waals surface area (Å²) >= 11 is 0. The van der Waals surface area contributed by atoms with Gasteiger partial charge in [-0.3, -0.25) is 0 Å². The number of aromatic nitrogens is 3. The van der Waals surface area contributed by atoms with E-state index in [9.17, 15) is 0 Å². The van der Waals surface area contributed by atoms with E-state index >= 15 is 0 Å². The molecule has 0 aliphatic heterocycles. The van der Waals surface area contributed by atoms with Crippen LogP contribution in [0.25, 0.3) is 11.0 Å².